The van der Waals surface area contributed by atoms with Crippen LogP contribution in [0.2, 0.25) is 0 Å². The number of morpholine rings is 1. The first-order chi connectivity index (χ1) is 14.4. The Bertz CT molecular complexity index is 827. The van der Waals surface area contributed by atoms with Crippen molar-refractivity contribution in [3.63, 3.8) is 0 Å². The van der Waals surface area contributed by atoms with Gasteiger partial charge >= 0.3 is 0 Å². The molecule has 0 spiro atoms. The lowest BCUT2D eigenvalue weighted by atomic mass is 10.0. The van der Waals surface area contributed by atoms with Crippen molar-refractivity contribution >= 4 is 29.9 Å². The van der Waals surface area contributed by atoms with Crippen molar-refractivity contribution < 1.29 is 18.7 Å². The lowest BCUT2D eigenvalue weighted by molar-refractivity contribution is 0.0124. The van der Waals surface area contributed by atoms with Crippen molar-refractivity contribution in [1.82, 2.24) is 15.5 Å². The van der Waals surface area contributed by atoms with Gasteiger partial charge in [-0.3, -0.25) is 4.90 Å². The zero-order chi connectivity index (χ0) is 21.6. The van der Waals surface area contributed by atoms with Gasteiger partial charge in [0.2, 0.25) is 0 Å². The summed E-state index contributed by atoms with van der Waals surface area (Å²) in [6, 6.07) is 7.73. The Kier molecular flexibility index (Phi) is 9.86. The fourth-order valence-electron chi connectivity index (χ4n) is 3.50. The summed E-state index contributed by atoms with van der Waals surface area (Å²) in [6.45, 7) is 12.2. The fourth-order valence-corrected chi connectivity index (χ4v) is 3.50. The van der Waals surface area contributed by atoms with E-state index in [2.05, 4.69) is 20.5 Å². The minimum atomic E-state index is -1.18. The molecule has 0 radical (unpaired) electrons. The van der Waals surface area contributed by atoms with Crippen molar-refractivity contribution in [2.24, 2.45) is 4.99 Å². The predicted octanol–water partition coefficient (Wildman–Crippen LogP) is 2.94. The summed E-state index contributed by atoms with van der Waals surface area (Å²) in [6.07, 6.45) is 0. The number of nitrogens with one attached hydrogen (secondary N) is 2. The summed E-state index contributed by atoms with van der Waals surface area (Å²) >= 11 is 0. The normalized spacial score (nSPS) is 18.2. The van der Waals surface area contributed by atoms with E-state index >= 15 is 0 Å². The molecule has 0 amide bonds. The van der Waals surface area contributed by atoms with E-state index in [0.717, 1.165) is 50.1 Å². The van der Waals surface area contributed by atoms with Crippen LogP contribution in [-0.2, 0) is 10.3 Å². The maximum atomic E-state index is 10.8. The molecule has 1 fully saturated rings. The van der Waals surface area contributed by atoms with Gasteiger partial charge in [0, 0.05) is 26.2 Å². The van der Waals surface area contributed by atoms with E-state index < -0.39 is 5.60 Å². The maximum Gasteiger partial charge on any atom is 0.191 e. The quantitative estimate of drug-likeness (QED) is 0.266. The summed E-state index contributed by atoms with van der Waals surface area (Å²) < 4.78 is 17.0. The SMILES string of the molecule is CCNC(=NCC(C)(O)c1ccc(C)o1)NCC(c1ccc(C)o1)N1CCOCC1.I. The first-order valence-corrected chi connectivity index (χ1v) is 10.6. The van der Waals surface area contributed by atoms with Gasteiger partial charge in [-0.25, -0.2) is 4.99 Å². The number of rotatable bonds is 8. The third kappa shape index (κ3) is 7.23. The summed E-state index contributed by atoms with van der Waals surface area (Å²) in [4.78, 5) is 6.96. The number of aliphatic imine (C=N–C) groups is 1. The van der Waals surface area contributed by atoms with Crippen LogP contribution in [0.1, 0.15) is 42.9 Å². The lowest BCUT2D eigenvalue weighted by Gasteiger charge is -2.33. The first-order valence-electron chi connectivity index (χ1n) is 10.6. The Labute approximate surface area is 201 Å². The average Bonchev–Trinajstić information content (AvgIpc) is 3.36. The Morgan fingerprint density at radius 2 is 1.81 bits per heavy atom. The van der Waals surface area contributed by atoms with Crippen LogP contribution < -0.4 is 10.6 Å². The van der Waals surface area contributed by atoms with E-state index in [1.807, 2.05) is 39.0 Å². The highest BCUT2D eigenvalue weighted by Gasteiger charge is 2.28. The second-order valence-electron chi connectivity index (χ2n) is 7.87. The van der Waals surface area contributed by atoms with E-state index in [1.165, 1.54) is 0 Å². The number of furan rings is 2. The molecule has 3 heterocycles. The van der Waals surface area contributed by atoms with Crippen LogP contribution in [0.15, 0.2) is 38.1 Å². The molecule has 2 unspecified atom stereocenters. The van der Waals surface area contributed by atoms with E-state index in [4.69, 9.17) is 13.6 Å². The smallest absolute Gasteiger partial charge is 0.191 e. The summed E-state index contributed by atoms with van der Waals surface area (Å²) in [5.74, 6) is 3.74. The van der Waals surface area contributed by atoms with E-state index in [0.29, 0.717) is 18.3 Å². The number of ether oxygens (including phenoxy) is 1. The van der Waals surface area contributed by atoms with E-state index in [1.54, 1.807) is 13.0 Å². The van der Waals surface area contributed by atoms with Crippen molar-refractivity contribution in [1.29, 1.82) is 0 Å². The molecular formula is C22H35IN4O4. The van der Waals surface area contributed by atoms with Crippen LogP contribution in [-0.4, -0.2) is 61.9 Å². The first kappa shape index (κ1) is 25.7. The molecule has 174 valence electrons. The number of guanidine groups is 1. The Morgan fingerprint density at radius 3 is 2.39 bits per heavy atom. The second kappa shape index (κ2) is 11.9. The molecule has 8 nitrogen and oxygen atoms in total. The topological polar surface area (TPSA) is 95.4 Å². The molecule has 1 aliphatic heterocycles. The third-order valence-electron chi connectivity index (χ3n) is 5.20. The Balaban J connectivity index is 0.00000341. The monoisotopic (exact) mass is 546 g/mol. The van der Waals surface area contributed by atoms with Crippen molar-refractivity contribution in [2.45, 2.75) is 39.3 Å². The molecule has 3 rings (SSSR count). The molecule has 0 aliphatic carbocycles. The van der Waals surface area contributed by atoms with Gasteiger partial charge in [0.25, 0.3) is 0 Å². The molecule has 2 aromatic heterocycles. The number of aliphatic hydroxyl groups is 1. The van der Waals surface area contributed by atoms with Gasteiger partial charge in [0.1, 0.15) is 28.6 Å². The third-order valence-corrected chi connectivity index (χ3v) is 5.20. The van der Waals surface area contributed by atoms with Gasteiger partial charge in [0.05, 0.1) is 25.8 Å². The standard InChI is InChI=1S/C22H34N4O4.HI/c1-5-23-21(25-15-22(4,27)20-9-7-17(3)30-20)24-14-18(19-8-6-16(2)29-19)26-10-12-28-13-11-26;/h6-9,18,27H,5,10-15H2,1-4H3,(H2,23,24,25);1H. The van der Waals surface area contributed by atoms with Gasteiger partial charge in [-0.2, -0.15) is 0 Å². The number of hydrogen-bond donors (Lipinski definition) is 3. The van der Waals surface area contributed by atoms with E-state index in [-0.39, 0.29) is 36.6 Å². The van der Waals surface area contributed by atoms with Gasteiger partial charge in [-0.15, -0.1) is 24.0 Å². The second-order valence-corrected chi connectivity index (χ2v) is 7.87. The number of hydrogen-bond acceptors (Lipinski definition) is 6. The summed E-state index contributed by atoms with van der Waals surface area (Å²) in [5, 5.41) is 17.4. The maximum absolute atomic E-state index is 10.8. The Hall–Kier alpha value is -1.56. The largest absolute Gasteiger partial charge is 0.465 e. The summed E-state index contributed by atoms with van der Waals surface area (Å²) in [5.41, 5.74) is -1.18. The van der Waals surface area contributed by atoms with Crippen LogP contribution >= 0.6 is 24.0 Å². The number of nitrogens with zero attached hydrogens (tertiary/aromatic N) is 2. The van der Waals surface area contributed by atoms with Crippen LogP contribution in [0.4, 0.5) is 0 Å². The zero-order valence-corrected chi connectivity index (χ0v) is 21.1. The van der Waals surface area contributed by atoms with Crippen molar-refractivity contribution in [3.05, 3.63) is 47.3 Å². The molecular weight excluding hydrogens is 511 g/mol. The molecule has 3 N–H and O–H groups in total. The molecule has 0 aromatic carbocycles. The predicted molar refractivity (Wildman–Crippen MR) is 131 cm³/mol. The summed E-state index contributed by atoms with van der Waals surface area (Å²) in [7, 11) is 0. The molecule has 1 aliphatic rings. The van der Waals surface area contributed by atoms with Crippen molar-refractivity contribution in [3.8, 4) is 0 Å². The van der Waals surface area contributed by atoms with Crippen LogP contribution in [0.3, 0.4) is 0 Å². The molecule has 0 bridgehead atoms. The van der Waals surface area contributed by atoms with Crippen LogP contribution in [0, 0.1) is 13.8 Å². The number of halogens is 1. The lowest BCUT2D eigenvalue weighted by Crippen LogP contribution is -2.46. The molecule has 1 saturated heterocycles. The molecule has 31 heavy (non-hydrogen) atoms. The minimum Gasteiger partial charge on any atom is -0.465 e. The average molecular weight is 546 g/mol. The number of aryl methyl sites for hydroxylation is 2. The highest BCUT2D eigenvalue weighted by atomic mass is 127. The van der Waals surface area contributed by atoms with Gasteiger partial charge in [-0.1, -0.05) is 0 Å². The fraction of sp³-hybridized carbons (Fsp3) is 0.591. The van der Waals surface area contributed by atoms with Gasteiger partial charge < -0.3 is 29.3 Å². The molecule has 0 saturated carbocycles. The van der Waals surface area contributed by atoms with Gasteiger partial charge in [0.15, 0.2) is 5.96 Å². The minimum absolute atomic E-state index is 0. The Morgan fingerprint density at radius 1 is 1.13 bits per heavy atom. The molecule has 2 atom stereocenters. The highest BCUT2D eigenvalue weighted by molar-refractivity contribution is 14.0. The highest BCUT2D eigenvalue weighted by Crippen LogP contribution is 2.24. The van der Waals surface area contributed by atoms with Crippen molar-refractivity contribution in [2.75, 3.05) is 45.9 Å². The van der Waals surface area contributed by atoms with E-state index in [9.17, 15) is 5.11 Å². The molecule has 9 heteroatoms. The molecule has 2 aromatic rings. The zero-order valence-electron chi connectivity index (χ0n) is 18.8. The van der Waals surface area contributed by atoms with Crippen LogP contribution in [0.5, 0.6) is 0 Å². The van der Waals surface area contributed by atoms with Crippen LogP contribution in [0.25, 0.3) is 0 Å². The van der Waals surface area contributed by atoms with Gasteiger partial charge in [-0.05, 0) is 52.0 Å².